The second-order valence-corrected chi connectivity index (χ2v) is 5.93. The zero-order valence-corrected chi connectivity index (χ0v) is 11.4. The normalized spacial score (nSPS) is 31.8. The number of esters is 1. The van der Waals surface area contributed by atoms with Gasteiger partial charge in [0.1, 0.15) is 5.60 Å². The number of hydrogen-bond donors (Lipinski definition) is 0. The molecule has 2 nitrogen and oxygen atoms in total. The molecule has 1 saturated carbocycles. The average molecular weight is 226 g/mol. The third-order valence-electron chi connectivity index (χ3n) is 4.04. The van der Waals surface area contributed by atoms with E-state index in [9.17, 15) is 4.79 Å². The van der Waals surface area contributed by atoms with Gasteiger partial charge in [-0.1, -0.05) is 27.7 Å². The highest BCUT2D eigenvalue weighted by molar-refractivity contribution is 5.72. The van der Waals surface area contributed by atoms with Crippen molar-refractivity contribution in [1.82, 2.24) is 0 Å². The first kappa shape index (κ1) is 13.5. The van der Waals surface area contributed by atoms with Crippen molar-refractivity contribution in [2.24, 2.45) is 17.8 Å². The van der Waals surface area contributed by atoms with Crippen molar-refractivity contribution in [3.8, 4) is 0 Å². The first-order chi connectivity index (χ1) is 7.38. The van der Waals surface area contributed by atoms with E-state index in [1.807, 2.05) is 13.8 Å². The van der Waals surface area contributed by atoms with Crippen LogP contribution >= 0.6 is 0 Å². The lowest BCUT2D eigenvalue weighted by Gasteiger charge is -2.27. The number of carbonyl (C=O) groups excluding carboxylic acids is 1. The van der Waals surface area contributed by atoms with Gasteiger partial charge >= 0.3 is 5.97 Å². The number of carbonyl (C=O) groups is 1. The zero-order chi connectivity index (χ0) is 12.3. The third-order valence-corrected chi connectivity index (χ3v) is 4.04. The van der Waals surface area contributed by atoms with Gasteiger partial charge < -0.3 is 4.74 Å². The van der Waals surface area contributed by atoms with E-state index in [-0.39, 0.29) is 17.5 Å². The Morgan fingerprint density at radius 1 is 1.44 bits per heavy atom. The second kappa shape index (κ2) is 5.20. The fraction of sp³-hybridized carbons (Fsp3) is 0.929. The van der Waals surface area contributed by atoms with Crippen molar-refractivity contribution in [1.29, 1.82) is 0 Å². The minimum atomic E-state index is -0.199. The molecule has 3 atom stereocenters. The van der Waals surface area contributed by atoms with E-state index in [1.54, 1.807) is 0 Å². The Kier molecular flexibility index (Phi) is 4.40. The lowest BCUT2D eigenvalue weighted by Crippen LogP contribution is -2.31. The summed E-state index contributed by atoms with van der Waals surface area (Å²) in [6.07, 6.45) is 4.12. The lowest BCUT2D eigenvalue weighted by atomic mass is 9.92. The molecule has 0 aromatic carbocycles. The maximum atomic E-state index is 11.8. The Morgan fingerprint density at radius 2 is 2.06 bits per heavy atom. The Balaban J connectivity index is 2.51. The van der Waals surface area contributed by atoms with E-state index < -0.39 is 0 Å². The van der Waals surface area contributed by atoms with Crippen molar-refractivity contribution in [3.63, 3.8) is 0 Å². The Labute approximate surface area is 99.8 Å². The standard InChI is InChI=1S/C14H26O2/c1-6-11(4)13(15)16-14(5)8-7-12(9-14)10(2)3/h10-12H,6-9H2,1-5H3. The van der Waals surface area contributed by atoms with Gasteiger partial charge in [-0.15, -0.1) is 0 Å². The summed E-state index contributed by atoms with van der Waals surface area (Å²) in [5.41, 5.74) is -0.199. The summed E-state index contributed by atoms with van der Waals surface area (Å²) >= 11 is 0. The van der Waals surface area contributed by atoms with Crippen LogP contribution in [0.15, 0.2) is 0 Å². The summed E-state index contributed by atoms with van der Waals surface area (Å²) in [7, 11) is 0. The Morgan fingerprint density at radius 3 is 2.50 bits per heavy atom. The van der Waals surface area contributed by atoms with E-state index >= 15 is 0 Å². The molecule has 0 spiro atoms. The molecular weight excluding hydrogens is 200 g/mol. The van der Waals surface area contributed by atoms with Crippen LogP contribution in [0, 0.1) is 17.8 Å². The summed E-state index contributed by atoms with van der Waals surface area (Å²) in [6, 6.07) is 0. The molecule has 0 bridgehead atoms. The van der Waals surface area contributed by atoms with Gasteiger partial charge in [-0.3, -0.25) is 4.79 Å². The highest BCUT2D eigenvalue weighted by Gasteiger charge is 2.39. The van der Waals surface area contributed by atoms with E-state index in [1.165, 1.54) is 6.42 Å². The Hall–Kier alpha value is -0.530. The van der Waals surface area contributed by atoms with Gasteiger partial charge in [0.25, 0.3) is 0 Å². The predicted molar refractivity (Wildman–Crippen MR) is 66.1 cm³/mol. The van der Waals surface area contributed by atoms with Crippen LogP contribution in [0.3, 0.4) is 0 Å². The van der Waals surface area contributed by atoms with Crippen LogP contribution in [-0.4, -0.2) is 11.6 Å². The molecule has 2 heteroatoms. The molecule has 1 aliphatic rings. The van der Waals surface area contributed by atoms with Crippen LogP contribution in [0.5, 0.6) is 0 Å². The van der Waals surface area contributed by atoms with Crippen molar-refractivity contribution in [3.05, 3.63) is 0 Å². The maximum Gasteiger partial charge on any atom is 0.309 e. The van der Waals surface area contributed by atoms with Gasteiger partial charge in [-0.2, -0.15) is 0 Å². The quantitative estimate of drug-likeness (QED) is 0.682. The average Bonchev–Trinajstić information content (AvgIpc) is 2.59. The van der Waals surface area contributed by atoms with Crippen LogP contribution in [0.25, 0.3) is 0 Å². The topological polar surface area (TPSA) is 26.3 Å². The smallest absolute Gasteiger partial charge is 0.309 e. The van der Waals surface area contributed by atoms with Gasteiger partial charge in [0, 0.05) is 0 Å². The summed E-state index contributed by atoms with van der Waals surface area (Å²) in [4.78, 5) is 11.8. The van der Waals surface area contributed by atoms with Crippen LogP contribution in [0.1, 0.15) is 60.3 Å². The van der Waals surface area contributed by atoms with Crippen LogP contribution < -0.4 is 0 Å². The third kappa shape index (κ3) is 3.23. The molecule has 0 aliphatic heterocycles. The number of ether oxygens (including phenoxy) is 1. The second-order valence-electron chi connectivity index (χ2n) is 5.93. The van der Waals surface area contributed by atoms with Gasteiger partial charge in [0.05, 0.1) is 5.92 Å². The van der Waals surface area contributed by atoms with Crippen LogP contribution in [0.2, 0.25) is 0 Å². The highest BCUT2D eigenvalue weighted by Crippen LogP contribution is 2.41. The van der Waals surface area contributed by atoms with Crippen molar-refractivity contribution < 1.29 is 9.53 Å². The molecule has 94 valence electrons. The van der Waals surface area contributed by atoms with Crippen LogP contribution in [-0.2, 0) is 9.53 Å². The van der Waals surface area contributed by atoms with Crippen molar-refractivity contribution in [2.75, 3.05) is 0 Å². The molecular formula is C14H26O2. The Bertz CT molecular complexity index is 247. The lowest BCUT2D eigenvalue weighted by molar-refractivity contribution is -0.162. The monoisotopic (exact) mass is 226 g/mol. The van der Waals surface area contributed by atoms with E-state index in [0.29, 0.717) is 5.92 Å². The minimum absolute atomic E-state index is 0.0191. The maximum absolute atomic E-state index is 11.8. The molecule has 0 aromatic heterocycles. The summed E-state index contributed by atoms with van der Waals surface area (Å²) in [5.74, 6) is 1.43. The first-order valence-electron chi connectivity index (χ1n) is 6.61. The van der Waals surface area contributed by atoms with Crippen molar-refractivity contribution >= 4 is 5.97 Å². The molecule has 0 radical (unpaired) electrons. The van der Waals surface area contributed by atoms with E-state index in [4.69, 9.17) is 4.74 Å². The molecule has 0 aromatic rings. The SMILES string of the molecule is CCC(C)C(=O)OC1(C)CCC(C(C)C)C1. The van der Waals surface area contributed by atoms with Gasteiger partial charge in [0.2, 0.25) is 0 Å². The summed E-state index contributed by atoms with van der Waals surface area (Å²) in [6.45, 7) is 10.6. The molecule has 0 amide bonds. The molecule has 0 heterocycles. The molecule has 0 saturated heterocycles. The predicted octanol–water partition coefficient (Wildman–Crippen LogP) is 3.79. The first-order valence-corrected chi connectivity index (χ1v) is 6.61. The van der Waals surface area contributed by atoms with Gasteiger partial charge in [0.15, 0.2) is 0 Å². The highest BCUT2D eigenvalue weighted by atomic mass is 16.6. The van der Waals surface area contributed by atoms with Crippen LogP contribution in [0.4, 0.5) is 0 Å². The molecule has 16 heavy (non-hydrogen) atoms. The van der Waals surface area contributed by atoms with Crippen molar-refractivity contribution in [2.45, 2.75) is 65.9 Å². The fourth-order valence-corrected chi connectivity index (χ4v) is 2.42. The zero-order valence-electron chi connectivity index (χ0n) is 11.4. The molecule has 3 unspecified atom stereocenters. The molecule has 1 aliphatic carbocycles. The summed E-state index contributed by atoms with van der Waals surface area (Å²) in [5, 5.41) is 0. The van der Waals surface area contributed by atoms with Gasteiger partial charge in [-0.25, -0.2) is 0 Å². The fourth-order valence-electron chi connectivity index (χ4n) is 2.42. The van der Waals surface area contributed by atoms with E-state index in [2.05, 4.69) is 20.8 Å². The molecule has 0 N–H and O–H groups in total. The summed E-state index contributed by atoms with van der Waals surface area (Å²) < 4.78 is 5.69. The molecule has 1 rings (SSSR count). The van der Waals surface area contributed by atoms with Gasteiger partial charge in [-0.05, 0) is 44.4 Å². The molecule has 1 fully saturated rings. The van der Waals surface area contributed by atoms with E-state index in [0.717, 1.165) is 25.2 Å². The number of hydrogen-bond acceptors (Lipinski definition) is 2. The minimum Gasteiger partial charge on any atom is -0.459 e. The number of rotatable bonds is 4. The largest absolute Gasteiger partial charge is 0.459 e.